The van der Waals surface area contributed by atoms with Gasteiger partial charge in [0.05, 0.1) is 23.4 Å². The summed E-state index contributed by atoms with van der Waals surface area (Å²) in [6, 6.07) is 4.46. The summed E-state index contributed by atoms with van der Waals surface area (Å²) >= 11 is 0. The van der Waals surface area contributed by atoms with Crippen LogP contribution in [-0.2, 0) is 16.4 Å². The van der Waals surface area contributed by atoms with E-state index >= 15 is 0 Å². The standard InChI is InChI=1S/C20H29N3O5S/c1-13-7-6-8-14-16(13)22(9-10-29(5,27)28)18(26)23(14)17(25)21-15-11-20(15,12-24)19(2,3)4/h6-8,15,24H,9-12H2,1-5H3,(H,21,25). The molecule has 1 heterocycles. The van der Waals surface area contributed by atoms with E-state index in [-0.39, 0.29) is 30.4 Å². The van der Waals surface area contributed by atoms with Crippen molar-refractivity contribution in [3.8, 4) is 0 Å². The Balaban J connectivity index is 2.00. The van der Waals surface area contributed by atoms with Crippen LogP contribution in [0.5, 0.6) is 0 Å². The second-order valence-corrected chi connectivity index (χ2v) is 11.4. The predicted octanol–water partition coefficient (Wildman–Crippen LogP) is 1.51. The van der Waals surface area contributed by atoms with Gasteiger partial charge in [-0.2, -0.15) is 0 Å². The number of imidazole rings is 1. The van der Waals surface area contributed by atoms with E-state index < -0.39 is 27.0 Å². The monoisotopic (exact) mass is 423 g/mol. The number of carbonyl (C=O) groups is 1. The first-order valence-electron chi connectivity index (χ1n) is 9.63. The second kappa shape index (κ2) is 6.98. The fraction of sp³-hybridized carbons (Fsp3) is 0.600. The number of para-hydroxylation sites is 1. The molecule has 0 spiro atoms. The molecule has 1 saturated carbocycles. The molecule has 160 valence electrons. The van der Waals surface area contributed by atoms with Gasteiger partial charge in [-0.25, -0.2) is 22.6 Å². The van der Waals surface area contributed by atoms with Gasteiger partial charge in [-0.1, -0.05) is 32.9 Å². The molecule has 29 heavy (non-hydrogen) atoms. The zero-order chi connectivity index (χ0) is 21.8. The summed E-state index contributed by atoms with van der Waals surface area (Å²) in [5.41, 5.74) is 0.581. The summed E-state index contributed by atoms with van der Waals surface area (Å²) in [7, 11) is -3.27. The van der Waals surface area contributed by atoms with Gasteiger partial charge in [0.1, 0.15) is 9.84 Å². The van der Waals surface area contributed by atoms with E-state index in [9.17, 15) is 23.1 Å². The molecule has 1 aromatic heterocycles. The molecule has 0 saturated heterocycles. The van der Waals surface area contributed by atoms with E-state index in [2.05, 4.69) is 5.32 Å². The molecule has 1 amide bonds. The predicted molar refractivity (Wildman–Crippen MR) is 112 cm³/mol. The van der Waals surface area contributed by atoms with Gasteiger partial charge in [-0.05, 0) is 30.4 Å². The lowest BCUT2D eigenvalue weighted by atomic mass is 9.77. The van der Waals surface area contributed by atoms with Gasteiger partial charge < -0.3 is 10.4 Å². The lowest BCUT2D eigenvalue weighted by Gasteiger charge is -2.30. The van der Waals surface area contributed by atoms with Crippen LogP contribution in [0.25, 0.3) is 11.0 Å². The zero-order valence-electron chi connectivity index (χ0n) is 17.5. The van der Waals surface area contributed by atoms with Crippen LogP contribution in [0.4, 0.5) is 4.79 Å². The molecule has 1 aliphatic carbocycles. The molecule has 2 unspecified atom stereocenters. The van der Waals surface area contributed by atoms with Crippen LogP contribution < -0.4 is 11.0 Å². The van der Waals surface area contributed by atoms with Crippen molar-refractivity contribution in [3.63, 3.8) is 0 Å². The summed E-state index contributed by atoms with van der Waals surface area (Å²) in [6.07, 6.45) is 1.75. The topological polar surface area (TPSA) is 110 Å². The number of aliphatic hydroxyl groups is 1. The highest BCUT2D eigenvalue weighted by Crippen LogP contribution is 2.57. The number of amides is 1. The second-order valence-electron chi connectivity index (χ2n) is 9.11. The minimum atomic E-state index is -3.27. The Kier molecular flexibility index (Phi) is 5.20. The maximum Gasteiger partial charge on any atom is 0.337 e. The molecule has 8 nitrogen and oxygen atoms in total. The summed E-state index contributed by atoms with van der Waals surface area (Å²) in [5, 5.41) is 12.8. The average Bonchev–Trinajstić information content (AvgIpc) is 3.22. The largest absolute Gasteiger partial charge is 0.396 e. The van der Waals surface area contributed by atoms with E-state index in [0.717, 1.165) is 16.4 Å². The number of sulfone groups is 1. The number of carbonyl (C=O) groups excluding carboxylic acids is 1. The smallest absolute Gasteiger partial charge is 0.337 e. The van der Waals surface area contributed by atoms with E-state index in [0.29, 0.717) is 17.5 Å². The van der Waals surface area contributed by atoms with Crippen molar-refractivity contribution < 1.29 is 18.3 Å². The minimum absolute atomic E-state index is 0.0225. The molecule has 1 fully saturated rings. The number of hydrogen-bond donors (Lipinski definition) is 2. The quantitative estimate of drug-likeness (QED) is 0.757. The molecule has 0 radical (unpaired) electrons. The Bertz CT molecular complexity index is 1120. The van der Waals surface area contributed by atoms with Gasteiger partial charge in [0.25, 0.3) is 0 Å². The van der Waals surface area contributed by atoms with E-state index in [1.165, 1.54) is 4.57 Å². The Morgan fingerprint density at radius 3 is 2.52 bits per heavy atom. The van der Waals surface area contributed by atoms with Crippen molar-refractivity contribution in [2.75, 3.05) is 18.6 Å². The SMILES string of the molecule is Cc1cccc2c1n(CCS(C)(=O)=O)c(=O)n2C(=O)NC1CC1(CO)C(C)(C)C. The highest BCUT2D eigenvalue weighted by Gasteiger charge is 2.61. The van der Waals surface area contributed by atoms with Crippen LogP contribution in [0.3, 0.4) is 0 Å². The number of nitrogens with zero attached hydrogens (tertiary/aromatic N) is 2. The van der Waals surface area contributed by atoms with Gasteiger partial charge in [0.2, 0.25) is 0 Å². The Hall–Kier alpha value is -2.13. The van der Waals surface area contributed by atoms with Crippen molar-refractivity contribution in [2.24, 2.45) is 10.8 Å². The van der Waals surface area contributed by atoms with Gasteiger partial charge in [-0.3, -0.25) is 4.57 Å². The fourth-order valence-corrected chi connectivity index (χ4v) is 4.62. The van der Waals surface area contributed by atoms with Crippen molar-refractivity contribution in [2.45, 2.75) is 46.7 Å². The Morgan fingerprint density at radius 2 is 2.00 bits per heavy atom. The summed E-state index contributed by atoms with van der Waals surface area (Å²) in [6.45, 7) is 7.79. The van der Waals surface area contributed by atoms with Crippen molar-refractivity contribution in [1.82, 2.24) is 14.5 Å². The van der Waals surface area contributed by atoms with Crippen molar-refractivity contribution >= 4 is 26.9 Å². The first-order valence-corrected chi connectivity index (χ1v) is 11.7. The molecule has 2 N–H and O–H groups in total. The van der Waals surface area contributed by atoms with E-state index in [1.54, 1.807) is 12.1 Å². The van der Waals surface area contributed by atoms with Crippen LogP contribution in [0.15, 0.2) is 23.0 Å². The van der Waals surface area contributed by atoms with E-state index in [4.69, 9.17) is 0 Å². The first kappa shape index (κ1) is 21.6. The van der Waals surface area contributed by atoms with Crippen LogP contribution in [0.1, 0.15) is 32.8 Å². The number of benzene rings is 1. The van der Waals surface area contributed by atoms with Gasteiger partial charge in [0, 0.05) is 24.3 Å². The summed E-state index contributed by atoms with van der Waals surface area (Å²) in [4.78, 5) is 26.1. The van der Waals surface area contributed by atoms with E-state index in [1.807, 2.05) is 33.8 Å². The van der Waals surface area contributed by atoms with Gasteiger partial charge in [-0.15, -0.1) is 0 Å². The van der Waals surface area contributed by atoms with Crippen LogP contribution >= 0.6 is 0 Å². The molecule has 2 atom stereocenters. The molecule has 9 heteroatoms. The highest BCUT2D eigenvalue weighted by atomic mass is 32.2. The van der Waals surface area contributed by atoms with Gasteiger partial charge in [0.15, 0.2) is 0 Å². The van der Waals surface area contributed by atoms with Crippen molar-refractivity contribution in [3.05, 3.63) is 34.2 Å². The number of rotatable bonds is 5. The molecule has 0 aliphatic heterocycles. The lowest BCUT2D eigenvalue weighted by molar-refractivity contribution is 0.101. The number of aromatic nitrogens is 2. The fourth-order valence-electron chi connectivity index (χ4n) is 4.10. The number of aliphatic hydroxyl groups excluding tert-OH is 1. The molecule has 2 aromatic rings. The number of fused-ring (bicyclic) bond motifs is 1. The summed E-state index contributed by atoms with van der Waals surface area (Å²) in [5.74, 6) is -0.192. The molecular formula is C20H29N3O5S. The number of nitrogens with one attached hydrogen (secondary N) is 1. The first-order chi connectivity index (χ1) is 13.3. The molecule has 0 bridgehead atoms. The van der Waals surface area contributed by atoms with Crippen molar-refractivity contribution in [1.29, 1.82) is 0 Å². The average molecular weight is 424 g/mol. The Labute approximate surface area is 170 Å². The third kappa shape index (κ3) is 3.73. The maximum atomic E-state index is 13.0. The Morgan fingerprint density at radius 1 is 1.34 bits per heavy atom. The highest BCUT2D eigenvalue weighted by molar-refractivity contribution is 7.90. The van der Waals surface area contributed by atoms with Gasteiger partial charge >= 0.3 is 11.7 Å². The number of hydrogen-bond acceptors (Lipinski definition) is 5. The third-order valence-electron chi connectivity index (χ3n) is 6.19. The van der Waals surface area contributed by atoms with Crippen LogP contribution in [0.2, 0.25) is 0 Å². The zero-order valence-corrected chi connectivity index (χ0v) is 18.3. The van der Waals surface area contributed by atoms with Crippen LogP contribution in [-0.4, -0.2) is 53.3 Å². The number of aryl methyl sites for hydroxylation is 2. The van der Waals surface area contributed by atoms with Crippen LogP contribution in [0, 0.1) is 17.8 Å². The third-order valence-corrected chi connectivity index (χ3v) is 7.11. The minimum Gasteiger partial charge on any atom is -0.396 e. The molecule has 1 aromatic carbocycles. The normalized spacial score (nSPS) is 22.1. The maximum absolute atomic E-state index is 13.0. The summed E-state index contributed by atoms with van der Waals surface area (Å²) < 4.78 is 25.6. The molecular weight excluding hydrogens is 394 g/mol. The lowest BCUT2D eigenvalue weighted by Crippen LogP contribution is -2.42. The molecule has 1 aliphatic rings. The molecule has 3 rings (SSSR count).